The quantitative estimate of drug-likeness (QED) is 0.464. The highest BCUT2D eigenvalue weighted by molar-refractivity contribution is 5.29. The van der Waals surface area contributed by atoms with Gasteiger partial charge in [0.05, 0.1) is 6.61 Å². The van der Waals surface area contributed by atoms with Crippen molar-refractivity contribution in [3.05, 3.63) is 71.8 Å². The molecule has 0 atom stereocenters. The summed E-state index contributed by atoms with van der Waals surface area (Å²) in [6, 6.07) is 20.4. The monoisotopic (exact) mass is 242 g/mol. The first kappa shape index (κ1) is 12.8. The fourth-order valence-corrected chi connectivity index (χ4v) is 1.88. The zero-order chi connectivity index (χ0) is 12.6. The summed E-state index contributed by atoms with van der Waals surface area (Å²) in [5, 5.41) is 0. The number of nitrogens with one attached hydrogen (secondary N) is 1. The van der Waals surface area contributed by atoms with Crippen molar-refractivity contribution in [2.24, 2.45) is 5.84 Å². The molecule has 0 heterocycles. The van der Waals surface area contributed by atoms with Gasteiger partial charge in [-0.3, -0.25) is 11.3 Å². The van der Waals surface area contributed by atoms with E-state index >= 15 is 0 Å². The molecule has 0 fully saturated rings. The van der Waals surface area contributed by atoms with E-state index < -0.39 is 0 Å². The molecular formula is C15H18N2O. The van der Waals surface area contributed by atoms with Crippen LogP contribution in [0.4, 0.5) is 0 Å². The molecule has 0 aromatic heterocycles. The van der Waals surface area contributed by atoms with Crippen LogP contribution in [0, 0.1) is 0 Å². The molecule has 2 rings (SSSR count). The number of hydrogen-bond acceptors (Lipinski definition) is 3. The van der Waals surface area contributed by atoms with Crippen LogP contribution in [0.15, 0.2) is 60.7 Å². The second kappa shape index (κ2) is 6.91. The molecule has 0 aliphatic heterocycles. The van der Waals surface area contributed by atoms with Crippen LogP contribution in [0.25, 0.3) is 0 Å². The first-order valence-corrected chi connectivity index (χ1v) is 6.07. The normalized spacial score (nSPS) is 10.8. The molecule has 3 heteroatoms. The summed E-state index contributed by atoms with van der Waals surface area (Å²) in [5.74, 6) is 5.26. The zero-order valence-corrected chi connectivity index (χ0v) is 10.3. The smallest absolute Gasteiger partial charge is 0.108 e. The Balaban J connectivity index is 2.18. The van der Waals surface area contributed by atoms with E-state index in [1.807, 2.05) is 36.4 Å². The maximum atomic E-state index is 5.91. The molecule has 0 unspecified atom stereocenters. The van der Waals surface area contributed by atoms with E-state index in [-0.39, 0.29) is 6.10 Å². The summed E-state index contributed by atoms with van der Waals surface area (Å²) >= 11 is 0. The Hall–Kier alpha value is -1.68. The Labute approximate surface area is 108 Å². The molecule has 2 aromatic carbocycles. The summed E-state index contributed by atoms with van der Waals surface area (Å²) in [4.78, 5) is 0. The molecule has 3 N–H and O–H groups in total. The Kier molecular flexibility index (Phi) is 4.90. The Morgan fingerprint density at radius 3 is 1.83 bits per heavy atom. The SMILES string of the molecule is NNCCOC(c1ccccc1)c1ccccc1. The molecule has 0 aliphatic rings. The van der Waals surface area contributed by atoms with Crippen LogP contribution in [0.1, 0.15) is 17.2 Å². The van der Waals surface area contributed by atoms with Gasteiger partial charge < -0.3 is 4.74 Å². The topological polar surface area (TPSA) is 47.3 Å². The predicted molar refractivity (Wildman–Crippen MR) is 72.9 cm³/mol. The van der Waals surface area contributed by atoms with Crippen molar-refractivity contribution < 1.29 is 4.74 Å². The van der Waals surface area contributed by atoms with Crippen LogP contribution >= 0.6 is 0 Å². The van der Waals surface area contributed by atoms with Crippen molar-refractivity contribution in [2.45, 2.75) is 6.10 Å². The fraction of sp³-hybridized carbons (Fsp3) is 0.200. The van der Waals surface area contributed by atoms with E-state index in [0.717, 1.165) is 11.1 Å². The number of benzene rings is 2. The average Bonchev–Trinajstić information content (AvgIpc) is 2.46. The molecular weight excluding hydrogens is 224 g/mol. The van der Waals surface area contributed by atoms with Crippen LogP contribution in [0.5, 0.6) is 0 Å². The number of ether oxygens (including phenoxy) is 1. The second-order valence-corrected chi connectivity index (χ2v) is 4.03. The largest absolute Gasteiger partial charge is 0.367 e. The minimum Gasteiger partial charge on any atom is -0.367 e. The van der Waals surface area contributed by atoms with Gasteiger partial charge in [0.15, 0.2) is 0 Å². The third-order valence-electron chi connectivity index (χ3n) is 2.74. The lowest BCUT2D eigenvalue weighted by molar-refractivity contribution is 0.0822. The molecule has 0 spiro atoms. The van der Waals surface area contributed by atoms with Gasteiger partial charge in [0.1, 0.15) is 6.10 Å². The van der Waals surface area contributed by atoms with Gasteiger partial charge in [-0.25, -0.2) is 0 Å². The van der Waals surface area contributed by atoms with Gasteiger partial charge >= 0.3 is 0 Å². The highest BCUT2D eigenvalue weighted by atomic mass is 16.5. The van der Waals surface area contributed by atoms with Gasteiger partial charge in [-0.1, -0.05) is 60.7 Å². The van der Waals surface area contributed by atoms with Gasteiger partial charge in [-0.15, -0.1) is 0 Å². The molecule has 0 saturated heterocycles. The minimum atomic E-state index is -0.0410. The van der Waals surface area contributed by atoms with E-state index in [2.05, 4.69) is 29.7 Å². The number of hydrazine groups is 1. The molecule has 0 bridgehead atoms. The summed E-state index contributed by atoms with van der Waals surface area (Å²) in [6.45, 7) is 1.21. The van der Waals surface area contributed by atoms with Crippen LogP contribution in [0.3, 0.4) is 0 Å². The van der Waals surface area contributed by atoms with Crippen molar-refractivity contribution in [3.63, 3.8) is 0 Å². The highest BCUT2D eigenvalue weighted by Gasteiger charge is 2.13. The molecule has 0 aliphatic carbocycles. The van der Waals surface area contributed by atoms with Gasteiger partial charge in [-0.05, 0) is 11.1 Å². The molecule has 18 heavy (non-hydrogen) atoms. The van der Waals surface area contributed by atoms with E-state index in [1.165, 1.54) is 0 Å². The molecule has 0 amide bonds. The third kappa shape index (κ3) is 3.40. The highest BCUT2D eigenvalue weighted by Crippen LogP contribution is 2.25. The third-order valence-corrected chi connectivity index (χ3v) is 2.74. The van der Waals surface area contributed by atoms with Crippen molar-refractivity contribution in [2.75, 3.05) is 13.2 Å². The lowest BCUT2D eigenvalue weighted by Crippen LogP contribution is -2.27. The molecule has 0 saturated carbocycles. The Bertz CT molecular complexity index is 405. The van der Waals surface area contributed by atoms with Gasteiger partial charge in [0.2, 0.25) is 0 Å². The van der Waals surface area contributed by atoms with Crippen molar-refractivity contribution in [1.29, 1.82) is 0 Å². The maximum Gasteiger partial charge on any atom is 0.108 e. The Morgan fingerprint density at radius 1 is 0.889 bits per heavy atom. The summed E-state index contributed by atoms with van der Waals surface area (Å²) in [5.41, 5.74) is 4.91. The molecule has 2 aromatic rings. The maximum absolute atomic E-state index is 5.91. The van der Waals surface area contributed by atoms with E-state index in [0.29, 0.717) is 13.2 Å². The average molecular weight is 242 g/mol. The second-order valence-electron chi connectivity index (χ2n) is 4.03. The van der Waals surface area contributed by atoms with Crippen LogP contribution < -0.4 is 11.3 Å². The summed E-state index contributed by atoms with van der Waals surface area (Å²) in [7, 11) is 0. The van der Waals surface area contributed by atoms with Crippen molar-refractivity contribution in [3.8, 4) is 0 Å². The minimum absolute atomic E-state index is 0.0410. The number of rotatable bonds is 6. The van der Waals surface area contributed by atoms with E-state index in [1.54, 1.807) is 0 Å². The zero-order valence-electron chi connectivity index (χ0n) is 10.3. The van der Waals surface area contributed by atoms with Crippen LogP contribution in [0.2, 0.25) is 0 Å². The fourth-order valence-electron chi connectivity index (χ4n) is 1.88. The van der Waals surface area contributed by atoms with Crippen molar-refractivity contribution in [1.82, 2.24) is 5.43 Å². The summed E-state index contributed by atoms with van der Waals surface area (Å²) in [6.07, 6.45) is -0.0410. The predicted octanol–water partition coefficient (Wildman–Crippen LogP) is 2.26. The van der Waals surface area contributed by atoms with Gasteiger partial charge in [0, 0.05) is 6.54 Å². The van der Waals surface area contributed by atoms with E-state index in [4.69, 9.17) is 10.6 Å². The van der Waals surface area contributed by atoms with Gasteiger partial charge in [-0.2, -0.15) is 0 Å². The Morgan fingerprint density at radius 2 is 1.39 bits per heavy atom. The summed E-state index contributed by atoms with van der Waals surface area (Å²) < 4.78 is 5.91. The first-order valence-electron chi connectivity index (χ1n) is 6.07. The molecule has 3 nitrogen and oxygen atoms in total. The van der Waals surface area contributed by atoms with Crippen molar-refractivity contribution >= 4 is 0 Å². The molecule has 0 radical (unpaired) electrons. The number of hydrogen-bond donors (Lipinski definition) is 2. The standard InChI is InChI=1S/C15H18N2O/c16-17-11-12-18-15(13-7-3-1-4-8-13)14-9-5-2-6-10-14/h1-10,15,17H,11-12,16H2. The van der Waals surface area contributed by atoms with Crippen LogP contribution in [-0.2, 0) is 4.74 Å². The lowest BCUT2D eigenvalue weighted by atomic mass is 10.0. The lowest BCUT2D eigenvalue weighted by Gasteiger charge is -2.18. The number of nitrogens with two attached hydrogens (primary N) is 1. The van der Waals surface area contributed by atoms with Gasteiger partial charge in [0.25, 0.3) is 0 Å². The molecule has 94 valence electrons. The first-order chi connectivity index (χ1) is 8.92. The van der Waals surface area contributed by atoms with E-state index in [9.17, 15) is 0 Å². The van der Waals surface area contributed by atoms with Crippen LogP contribution in [-0.4, -0.2) is 13.2 Å².